The van der Waals surface area contributed by atoms with E-state index in [1.165, 1.54) is 19.3 Å². The summed E-state index contributed by atoms with van der Waals surface area (Å²) in [4.78, 5) is 12.7. The van der Waals surface area contributed by atoms with Crippen LogP contribution in [0.1, 0.15) is 42.5 Å². The standard InChI is InChI=1S/C15H19BrN2OS/c16-12-8-6-11(7-9-12)15(19)18-13(14(17)20)10-4-2-1-3-5-10/h6-10,13H,1-5H2,(H2,17,20)(H,18,19). The largest absolute Gasteiger partial charge is 0.392 e. The zero-order valence-corrected chi connectivity index (χ0v) is 13.7. The van der Waals surface area contributed by atoms with Gasteiger partial charge < -0.3 is 11.1 Å². The molecule has 1 saturated carbocycles. The SMILES string of the molecule is NC(=S)C(NC(=O)c1ccc(Br)cc1)C1CCCCC1. The van der Waals surface area contributed by atoms with Crippen molar-refractivity contribution >= 4 is 39.0 Å². The van der Waals surface area contributed by atoms with E-state index in [1.807, 2.05) is 12.1 Å². The van der Waals surface area contributed by atoms with Crippen LogP contribution in [-0.4, -0.2) is 16.9 Å². The molecule has 1 unspecified atom stereocenters. The summed E-state index contributed by atoms with van der Waals surface area (Å²) >= 11 is 8.50. The molecule has 0 aliphatic heterocycles. The monoisotopic (exact) mass is 354 g/mol. The van der Waals surface area contributed by atoms with Crippen LogP contribution in [0.3, 0.4) is 0 Å². The molecule has 0 radical (unpaired) electrons. The van der Waals surface area contributed by atoms with Gasteiger partial charge in [-0.25, -0.2) is 0 Å². The predicted molar refractivity (Wildman–Crippen MR) is 88.8 cm³/mol. The number of hydrogen-bond acceptors (Lipinski definition) is 2. The zero-order chi connectivity index (χ0) is 14.5. The number of halogens is 1. The number of benzene rings is 1. The topological polar surface area (TPSA) is 55.1 Å². The molecule has 1 aromatic rings. The zero-order valence-electron chi connectivity index (χ0n) is 11.3. The second kappa shape index (κ2) is 7.18. The first kappa shape index (κ1) is 15.4. The highest BCUT2D eigenvalue weighted by Gasteiger charge is 2.27. The van der Waals surface area contributed by atoms with Crippen molar-refractivity contribution in [2.45, 2.75) is 38.1 Å². The van der Waals surface area contributed by atoms with Crippen molar-refractivity contribution in [1.29, 1.82) is 0 Å². The molecule has 0 heterocycles. The molecule has 1 amide bonds. The molecule has 1 aliphatic rings. The summed E-state index contributed by atoms with van der Waals surface area (Å²) in [5.41, 5.74) is 6.46. The second-order valence-corrected chi connectivity index (χ2v) is 6.65. The van der Waals surface area contributed by atoms with E-state index in [-0.39, 0.29) is 11.9 Å². The lowest BCUT2D eigenvalue weighted by Crippen LogP contribution is -2.48. The third-order valence-corrected chi connectivity index (χ3v) is 4.60. The number of amides is 1. The fourth-order valence-electron chi connectivity index (χ4n) is 2.71. The van der Waals surface area contributed by atoms with Gasteiger partial charge in [-0.3, -0.25) is 4.79 Å². The van der Waals surface area contributed by atoms with E-state index in [0.29, 0.717) is 16.5 Å². The number of nitrogens with two attached hydrogens (primary N) is 1. The van der Waals surface area contributed by atoms with E-state index < -0.39 is 0 Å². The van der Waals surface area contributed by atoms with Crippen molar-refractivity contribution in [3.8, 4) is 0 Å². The minimum Gasteiger partial charge on any atom is -0.392 e. The number of rotatable bonds is 4. The molecule has 1 aliphatic carbocycles. The van der Waals surface area contributed by atoms with Crippen molar-refractivity contribution in [3.05, 3.63) is 34.3 Å². The van der Waals surface area contributed by atoms with Gasteiger partial charge in [-0.1, -0.05) is 47.4 Å². The van der Waals surface area contributed by atoms with Gasteiger partial charge in [-0.15, -0.1) is 0 Å². The van der Waals surface area contributed by atoms with Gasteiger partial charge in [0.1, 0.15) is 0 Å². The number of carbonyl (C=O) groups is 1. The Bertz CT molecular complexity index is 483. The number of thiocarbonyl (C=S) groups is 1. The summed E-state index contributed by atoms with van der Waals surface area (Å²) in [5.74, 6) is 0.265. The Morgan fingerprint density at radius 2 is 1.85 bits per heavy atom. The number of hydrogen-bond donors (Lipinski definition) is 2. The molecule has 1 aromatic carbocycles. The highest BCUT2D eigenvalue weighted by atomic mass is 79.9. The number of nitrogens with one attached hydrogen (secondary N) is 1. The van der Waals surface area contributed by atoms with Crippen molar-refractivity contribution < 1.29 is 4.79 Å². The quantitative estimate of drug-likeness (QED) is 0.814. The number of carbonyl (C=O) groups excluding carboxylic acids is 1. The molecule has 0 saturated heterocycles. The Kier molecular flexibility index (Phi) is 5.54. The minimum absolute atomic E-state index is 0.110. The molecule has 20 heavy (non-hydrogen) atoms. The van der Waals surface area contributed by atoms with Crippen molar-refractivity contribution in [3.63, 3.8) is 0 Å². The summed E-state index contributed by atoms with van der Waals surface area (Å²) in [6.45, 7) is 0. The second-order valence-electron chi connectivity index (χ2n) is 5.26. The van der Waals surface area contributed by atoms with Gasteiger partial charge in [0.25, 0.3) is 5.91 Å². The lowest BCUT2D eigenvalue weighted by Gasteiger charge is -2.30. The maximum atomic E-state index is 12.3. The Hall–Kier alpha value is -0.940. The van der Waals surface area contributed by atoms with Gasteiger partial charge >= 0.3 is 0 Å². The molecule has 2 rings (SSSR count). The van der Waals surface area contributed by atoms with Gasteiger partial charge in [0.05, 0.1) is 11.0 Å². The van der Waals surface area contributed by atoms with Crippen LogP contribution in [0.15, 0.2) is 28.7 Å². The maximum Gasteiger partial charge on any atom is 0.251 e. The summed E-state index contributed by atoms with van der Waals surface area (Å²) in [7, 11) is 0. The maximum absolute atomic E-state index is 12.3. The van der Waals surface area contributed by atoms with E-state index in [9.17, 15) is 4.79 Å². The third-order valence-electron chi connectivity index (χ3n) is 3.82. The molecule has 0 bridgehead atoms. The summed E-state index contributed by atoms with van der Waals surface area (Å²) in [6, 6.07) is 7.09. The third kappa shape index (κ3) is 4.03. The van der Waals surface area contributed by atoms with Gasteiger partial charge in [-0.05, 0) is 43.0 Å². The van der Waals surface area contributed by atoms with Crippen molar-refractivity contribution in [2.24, 2.45) is 11.7 Å². The van der Waals surface area contributed by atoms with Crippen LogP contribution in [0.2, 0.25) is 0 Å². The molecule has 5 heteroatoms. The molecule has 108 valence electrons. The lowest BCUT2D eigenvalue weighted by atomic mass is 9.83. The van der Waals surface area contributed by atoms with Crippen molar-refractivity contribution in [2.75, 3.05) is 0 Å². The molecule has 1 fully saturated rings. The molecule has 0 aromatic heterocycles. The first-order valence-corrected chi connectivity index (χ1v) is 8.14. The van der Waals surface area contributed by atoms with E-state index in [0.717, 1.165) is 17.3 Å². The minimum atomic E-state index is -0.193. The summed E-state index contributed by atoms with van der Waals surface area (Å²) < 4.78 is 0.951. The molecule has 0 spiro atoms. The van der Waals surface area contributed by atoms with Gasteiger partial charge in [-0.2, -0.15) is 0 Å². The van der Waals surface area contributed by atoms with Gasteiger partial charge in [0.15, 0.2) is 0 Å². The molecular formula is C15H19BrN2OS. The van der Waals surface area contributed by atoms with Crippen LogP contribution in [0.4, 0.5) is 0 Å². The summed E-state index contributed by atoms with van der Waals surface area (Å²) in [6.07, 6.45) is 5.82. The Morgan fingerprint density at radius 1 is 1.25 bits per heavy atom. The van der Waals surface area contributed by atoms with E-state index in [1.54, 1.807) is 12.1 Å². The first-order chi connectivity index (χ1) is 9.58. The fraction of sp³-hybridized carbons (Fsp3) is 0.467. The van der Waals surface area contributed by atoms with Crippen LogP contribution >= 0.6 is 28.1 Å². The first-order valence-electron chi connectivity index (χ1n) is 6.93. The fourth-order valence-corrected chi connectivity index (χ4v) is 3.23. The van der Waals surface area contributed by atoms with Gasteiger partial charge in [0, 0.05) is 10.0 Å². The predicted octanol–water partition coefficient (Wildman–Crippen LogP) is 3.41. The van der Waals surface area contributed by atoms with Crippen LogP contribution < -0.4 is 11.1 Å². The van der Waals surface area contributed by atoms with Crippen molar-refractivity contribution in [1.82, 2.24) is 5.32 Å². The van der Waals surface area contributed by atoms with E-state index >= 15 is 0 Å². The highest BCUT2D eigenvalue weighted by molar-refractivity contribution is 9.10. The Balaban J connectivity index is 2.05. The van der Waals surface area contributed by atoms with E-state index in [2.05, 4.69) is 21.2 Å². The smallest absolute Gasteiger partial charge is 0.251 e. The molecular weight excluding hydrogens is 336 g/mol. The molecule has 1 atom stereocenters. The summed E-state index contributed by atoms with van der Waals surface area (Å²) in [5, 5.41) is 3.00. The van der Waals surface area contributed by atoms with Crippen LogP contribution in [0.5, 0.6) is 0 Å². The Labute approximate surface area is 133 Å². The van der Waals surface area contributed by atoms with Crippen LogP contribution in [-0.2, 0) is 0 Å². The highest BCUT2D eigenvalue weighted by Crippen LogP contribution is 2.27. The van der Waals surface area contributed by atoms with Crippen LogP contribution in [0, 0.1) is 5.92 Å². The van der Waals surface area contributed by atoms with E-state index in [4.69, 9.17) is 18.0 Å². The molecule has 3 nitrogen and oxygen atoms in total. The lowest BCUT2D eigenvalue weighted by molar-refractivity contribution is 0.0932. The average Bonchev–Trinajstić information content (AvgIpc) is 2.46. The normalized spacial score (nSPS) is 17.4. The Morgan fingerprint density at radius 3 is 2.40 bits per heavy atom. The van der Waals surface area contributed by atoms with Crippen LogP contribution in [0.25, 0.3) is 0 Å². The molecule has 3 N–H and O–H groups in total. The average molecular weight is 355 g/mol. The van der Waals surface area contributed by atoms with Gasteiger partial charge in [0.2, 0.25) is 0 Å².